The summed E-state index contributed by atoms with van der Waals surface area (Å²) in [5.41, 5.74) is 2.34. The van der Waals surface area contributed by atoms with E-state index in [1.54, 1.807) is 49.6 Å². The zero-order valence-electron chi connectivity index (χ0n) is 20.5. The van der Waals surface area contributed by atoms with Crippen molar-refractivity contribution >= 4 is 50.4 Å². The van der Waals surface area contributed by atoms with E-state index in [-0.39, 0.29) is 31.2 Å². The van der Waals surface area contributed by atoms with Gasteiger partial charge >= 0.3 is 0 Å². The third-order valence-electron chi connectivity index (χ3n) is 6.16. The van der Waals surface area contributed by atoms with Gasteiger partial charge < -0.3 is 24.8 Å². The Bertz CT molecular complexity index is 1450. The lowest BCUT2D eigenvalue weighted by Crippen LogP contribution is -2.47. The second kappa shape index (κ2) is 11.4. The number of fused-ring (bicyclic) bond motifs is 1. The zero-order valence-corrected chi connectivity index (χ0v) is 22.8. The van der Waals surface area contributed by atoms with Crippen LogP contribution in [0, 0.1) is 0 Å². The number of nitrogens with zero attached hydrogens (tertiary/aromatic N) is 2. The van der Waals surface area contributed by atoms with Crippen LogP contribution in [0.25, 0.3) is 0 Å². The summed E-state index contributed by atoms with van der Waals surface area (Å²) in [6.45, 7) is 1.27. The lowest BCUT2D eigenvalue weighted by Gasteiger charge is -2.32. The van der Waals surface area contributed by atoms with Gasteiger partial charge in [-0.05, 0) is 36.4 Å². The molecule has 0 saturated carbocycles. The van der Waals surface area contributed by atoms with Crippen molar-refractivity contribution in [3.63, 3.8) is 0 Å². The van der Waals surface area contributed by atoms with E-state index in [0.717, 1.165) is 16.9 Å². The summed E-state index contributed by atoms with van der Waals surface area (Å²) < 4.78 is 45.0. The number of benzene rings is 3. The number of sulfonamides is 1. The van der Waals surface area contributed by atoms with Crippen LogP contribution in [-0.4, -0.2) is 64.7 Å². The van der Waals surface area contributed by atoms with Gasteiger partial charge in [-0.1, -0.05) is 41.4 Å². The molecule has 38 heavy (non-hydrogen) atoms. The molecule has 0 bridgehead atoms. The maximum Gasteiger partial charge on any atom is 0.243 e. The third kappa shape index (κ3) is 5.69. The average molecular weight is 577 g/mol. The predicted octanol–water partition coefficient (Wildman–Crippen LogP) is 4.71. The Morgan fingerprint density at radius 3 is 2.68 bits per heavy atom. The summed E-state index contributed by atoms with van der Waals surface area (Å²) in [6, 6.07) is 17.3. The molecule has 12 heteroatoms. The van der Waals surface area contributed by atoms with Crippen LogP contribution in [0.1, 0.15) is 5.56 Å². The number of aliphatic imine (C=N–C) groups is 1. The van der Waals surface area contributed by atoms with E-state index >= 15 is 0 Å². The number of hydrogen-bond donors (Lipinski definition) is 2. The predicted molar refractivity (Wildman–Crippen MR) is 149 cm³/mol. The number of amidine groups is 1. The summed E-state index contributed by atoms with van der Waals surface area (Å²) >= 11 is 12.2. The Morgan fingerprint density at radius 2 is 1.92 bits per heavy atom. The van der Waals surface area contributed by atoms with E-state index < -0.39 is 16.1 Å². The van der Waals surface area contributed by atoms with Gasteiger partial charge in [-0.2, -0.15) is 4.31 Å². The molecule has 200 valence electrons. The summed E-state index contributed by atoms with van der Waals surface area (Å²) in [6.07, 6.45) is -0.440. The Labute approximate surface area is 231 Å². The Hall–Kier alpha value is -3.02. The highest BCUT2D eigenvalue weighted by atomic mass is 35.5. The van der Waals surface area contributed by atoms with E-state index in [0.29, 0.717) is 34.0 Å². The van der Waals surface area contributed by atoms with Gasteiger partial charge in [0.15, 0.2) is 11.5 Å². The number of hydrogen-bond acceptors (Lipinski definition) is 8. The standard InChI is InChI=1S/C26H26Cl2N4O5S/c1-35-24-12-20-23(29-16-30-26(20)31-17-7-8-21(27)22(28)11-17)13-25(24)37-15-18-14-32(9-10-36-18)38(33,34)19-5-3-2-4-6-19/h2-8,11-13,18,29H,9-10,14-16H2,1H3,(H,30,31). The first-order valence-corrected chi connectivity index (χ1v) is 14.1. The van der Waals surface area contributed by atoms with Crippen molar-refractivity contribution < 1.29 is 22.6 Å². The normalized spacial score (nSPS) is 17.7. The molecule has 0 aromatic heterocycles. The topological polar surface area (TPSA) is 101 Å². The highest BCUT2D eigenvalue weighted by Gasteiger charge is 2.31. The SMILES string of the molecule is COc1cc2c(cc1OCC1CN(S(=O)(=O)c3ccccc3)CCO1)NCN=C2Nc1ccc(Cl)c(Cl)c1. The molecule has 0 radical (unpaired) electrons. The second-order valence-corrected chi connectivity index (χ2v) is 11.4. The van der Waals surface area contributed by atoms with Crippen LogP contribution in [-0.2, 0) is 14.8 Å². The fourth-order valence-corrected chi connectivity index (χ4v) is 5.99. The summed E-state index contributed by atoms with van der Waals surface area (Å²) in [7, 11) is -2.06. The van der Waals surface area contributed by atoms with E-state index in [1.807, 2.05) is 18.2 Å². The Morgan fingerprint density at radius 1 is 1.11 bits per heavy atom. The summed E-state index contributed by atoms with van der Waals surface area (Å²) in [5, 5.41) is 7.43. The zero-order chi connectivity index (χ0) is 26.7. The fraction of sp³-hybridized carbons (Fsp3) is 0.269. The number of halogens is 2. The molecule has 1 fully saturated rings. The molecule has 1 saturated heterocycles. The van der Waals surface area contributed by atoms with E-state index in [4.69, 9.17) is 37.4 Å². The average Bonchev–Trinajstić information content (AvgIpc) is 2.94. The molecule has 9 nitrogen and oxygen atoms in total. The lowest BCUT2D eigenvalue weighted by molar-refractivity contribution is -0.0252. The molecule has 3 aromatic carbocycles. The molecular weight excluding hydrogens is 551 g/mol. The number of morpholine rings is 1. The first kappa shape index (κ1) is 26.6. The van der Waals surface area contributed by atoms with Crippen molar-refractivity contribution in [2.24, 2.45) is 4.99 Å². The van der Waals surface area contributed by atoms with Gasteiger partial charge in [0, 0.05) is 30.4 Å². The molecule has 0 amide bonds. The van der Waals surface area contributed by atoms with Gasteiger partial charge in [0.2, 0.25) is 10.0 Å². The monoisotopic (exact) mass is 576 g/mol. The minimum atomic E-state index is -3.61. The van der Waals surface area contributed by atoms with Crippen molar-refractivity contribution in [2.75, 3.05) is 50.7 Å². The first-order valence-electron chi connectivity index (χ1n) is 11.9. The molecule has 2 aliphatic rings. The van der Waals surface area contributed by atoms with Crippen molar-refractivity contribution in [2.45, 2.75) is 11.0 Å². The number of anilines is 2. The maximum atomic E-state index is 13.0. The number of ether oxygens (including phenoxy) is 3. The molecule has 2 N–H and O–H groups in total. The van der Waals surface area contributed by atoms with Crippen LogP contribution in [0.5, 0.6) is 11.5 Å². The quantitative estimate of drug-likeness (QED) is 0.420. The number of nitrogens with one attached hydrogen (secondary N) is 2. The van der Waals surface area contributed by atoms with Gasteiger partial charge in [0.25, 0.3) is 0 Å². The van der Waals surface area contributed by atoms with Crippen LogP contribution in [0.3, 0.4) is 0 Å². The highest BCUT2D eigenvalue weighted by molar-refractivity contribution is 7.89. The third-order valence-corrected chi connectivity index (χ3v) is 8.77. The lowest BCUT2D eigenvalue weighted by atomic mass is 10.1. The highest BCUT2D eigenvalue weighted by Crippen LogP contribution is 2.36. The molecule has 2 heterocycles. The molecule has 5 rings (SSSR count). The maximum absolute atomic E-state index is 13.0. The van der Waals surface area contributed by atoms with Gasteiger partial charge in [0.1, 0.15) is 25.2 Å². The fourth-order valence-electron chi connectivity index (χ4n) is 4.22. The number of rotatable bonds is 7. The number of methoxy groups -OCH3 is 1. The molecular formula is C26H26Cl2N4O5S. The van der Waals surface area contributed by atoms with Crippen molar-refractivity contribution in [1.29, 1.82) is 0 Å². The van der Waals surface area contributed by atoms with Crippen molar-refractivity contribution in [3.8, 4) is 11.5 Å². The van der Waals surface area contributed by atoms with Crippen LogP contribution in [0.15, 0.2) is 70.6 Å². The Kier molecular flexibility index (Phi) is 7.96. The first-order chi connectivity index (χ1) is 18.3. The van der Waals surface area contributed by atoms with Gasteiger partial charge in [0.05, 0.1) is 34.3 Å². The van der Waals surface area contributed by atoms with Crippen LogP contribution >= 0.6 is 23.2 Å². The van der Waals surface area contributed by atoms with E-state index in [1.165, 1.54) is 4.31 Å². The summed E-state index contributed by atoms with van der Waals surface area (Å²) in [5.74, 6) is 1.64. The van der Waals surface area contributed by atoms with Crippen LogP contribution < -0.4 is 20.1 Å². The molecule has 2 aliphatic heterocycles. The minimum Gasteiger partial charge on any atom is -0.493 e. The van der Waals surface area contributed by atoms with Crippen LogP contribution in [0.2, 0.25) is 10.0 Å². The van der Waals surface area contributed by atoms with E-state index in [9.17, 15) is 8.42 Å². The minimum absolute atomic E-state index is 0.151. The summed E-state index contributed by atoms with van der Waals surface area (Å²) in [4.78, 5) is 4.80. The molecule has 0 aliphatic carbocycles. The van der Waals surface area contributed by atoms with Gasteiger partial charge in [-0.15, -0.1) is 0 Å². The van der Waals surface area contributed by atoms with Crippen LogP contribution in [0.4, 0.5) is 11.4 Å². The van der Waals surface area contributed by atoms with Gasteiger partial charge in [-0.25, -0.2) is 13.4 Å². The smallest absolute Gasteiger partial charge is 0.243 e. The molecule has 1 unspecified atom stereocenters. The second-order valence-electron chi connectivity index (χ2n) is 8.62. The largest absolute Gasteiger partial charge is 0.493 e. The van der Waals surface area contributed by atoms with Gasteiger partial charge in [-0.3, -0.25) is 0 Å². The van der Waals surface area contributed by atoms with Crippen molar-refractivity contribution in [1.82, 2.24) is 4.31 Å². The Balaban J connectivity index is 1.29. The molecule has 0 spiro atoms. The van der Waals surface area contributed by atoms with Crippen molar-refractivity contribution in [3.05, 3.63) is 76.3 Å². The molecule has 1 atom stereocenters. The van der Waals surface area contributed by atoms with E-state index in [2.05, 4.69) is 15.6 Å². The molecule has 3 aromatic rings.